The van der Waals surface area contributed by atoms with Crippen molar-refractivity contribution in [2.75, 3.05) is 4.90 Å². The second-order valence-electron chi connectivity index (χ2n) is 11.9. The first kappa shape index (κ1) is 29.7. The Labute approximate surface area is 263 Å². The average molecular weight is 635 g/mol. The van der Waals surface area contributed by atoms with Crippen molar-refractivity contribution in [1.29, 1.82) is 5.26 Å². The molecule has 4 N–H and O–H groups in total. The van der Waals surface area contributed by atoms with Crippen molar-refractivity contribution < 1.29 is 19.2 Å². The summed E-state index contributed by atoms with van der Waals surface area (Å²) in [5.41, 5.74) is 4.76. The molecular formula is C31H29Cl2N7O4. The molecule has 2 aliphatic carbocycles. The van der Waals surface area contributed by atoms with Gasteiger partial charge in [0.05, 0.1) is 23.5 Å². The van der Waals surface area contributed by atoms with E-state index in [1.54, 1.807) is 54.0 Å². The number of primary amides is 1. The Kier molecular flexibility index (Phi) is 7.38. The highest BCUT2D eigenvalue weighted by Gasteiger charge is 2.54. The summed E-state index contributed by atoms with van der Waals surface area (Å²) in [5.74, 6) is -1.67. The van der Waals surface area contributed by atoms with E-state index in [1.165, 1.54) is 11.1 Å². The minimum absolute atomic E-state index is 0.105. The fourth-order valence-electron chi connectivity index (χ4n) is 6.23. The third-order valence-corrected chi connectivity index (χ3v) is 9.21. The standard InChI is InChI=1S/C31H29Cl2N7O4/c1-30(14-17-2-4-18(15-34)5-3-17)28(44)39(23-12-20(32)11-21(33)13-23)29-36-16-24(40(29)30)26(42)38-31(8-9-31)27(43)37-22-7-6-19(10-22)25(35)41/h2-5,11-13,16,19,22H,6-10,14H2,1H3,(H2,35,41)(H,37,43)(H,38,42)/t19-,22+,30?/m0/s1. The number of carbonyl (C=O) groups excluding carboxylic acids is 4. The van der Waals surface area contributed by atoms with Crippen molar-refractivity contribution >= 4 is 58.5 Å². The summed E-state index contributed by atoms with van der Waals surface area (Å²) in [6.07, 6.45) is 4.19. The number of nitrogens with one attached hydrogen (secondary N) is 2. The molecule has 3 aliphatic rings. The Balaban J connectivity index is 1.32. The number of carbonyl (C=O) groups is 4. The quantitative estimate of drug-likeness (QED) is 0.342. The van der Waals surface area contributed by atoms with Crippen LogP contribution in [0.25, 0.3) is 0 Å². The van der Waals surface area contributed by atoms with Gasteiger partial charge in [-0.05, 0) is 74.9 Å². The first-order chi connectivity index (χ1) is 20.9. The Bertz CT molecular complexity index is 1720. The number of hydrogen-bond acceptors (Lipinski definition) is 6. The van der Waals surface area contributed by atoms with E-state index in [4.69, 9.17) is 28.9 Å². The summed E-state index contributed by atoms with van der Waals surface area (Å²) < 4.78 is 1.58. The number of benzene rings is 2. The highest BCUT2D eigenvalue weighted by atomic mass is 35.5. The Morgan fingerprint density at radius 2 is 1.80 bits per heavy atom. The predicted molar refractivity (Wildman–Crippen MR) is 162 cm³/mol. The maximum Gasteiger partial charge on any atom is 0.270 e. The number of fused-ring (bicyclic) bond motifs is 1. The van der Waals surface area contributed by atoms with Gasteiger partial charge in [0, 0.05) is 28.4 Å². The van der Waals surface area contributed by atoms with Gasteiger partial charge in [0.15, 0.2) is 0 Å². The van der Waals surface area contributed by atoms with Gasteiger partial charge in [-0.2, -0.15) is 5.26 Å². The SMILES string of the molecule is CC1(Cc2ccc(C#N)cc2)C(=O)N(c2cc(Cl)cc(Cl)c2)c2ncc(C(=O)NC3(C(=O)N[C@@H]4CC[C@H](C(N)=O)C4)CC3)n21. The van der Waals surface area contributed by atoms with Gasteiger partial charge in [-0.1, -0.05) is 35.3 Å². The van der Waals surface area contributed by atoms with Crippen LogP contribution in [0.4, 0.5) is 11.6 Å². The van der Waals surface area contributed by atoms with Crippen LogP contribution in [-0.2, 0) is 26.3 Å². The van der Waals surface area contributed by atoms with E-state index in [0.717, 1.165) is 5.56 Å². The number of imidazole rings is 1. The monoisotopic (exact) mass is 633 g/mol. The molecule has 0 spiro atoms. The van der Waals surface area contributed by atoms with E-state index in [2.05, 4.69) is 21.7 Å². The molecular weight excluding hydrogens is 605 g/mol. The van der Waals surface area contributed by atoms with Gasteiger partial charge in [-0.25, -0.2) is 9.88 Å². The number of nitrogens with two attached hydrogens (primary N) is 1. The Morgan fingerprint density at radius 1 is 1.11 bits per heavy atom. The molecule has 2 heterocycles. The van der Waals surface area contributed by atoms with E-state index < -0.39 is 17.0 Å². The van der Waals surface area contributed by atoms with Gasteiger partial charge < -0.3 is 16.4 Å². The highest BCUT2D eigenvalue weighted by Crippen LogP contribution is 2.44. The van der Waals surface area contributed by atoms with Gasteiger partial charge >= 0.3 is 0 Å². The predicted octanol–water partition coefficient (Wildman–Crippen LogP) is 3.73. The summed E-state index contributed by atoms with van der Waals surface area (Å²) in [6.45, 7) is 1.72. The van der Waals surface area contributed by atoms with Crippen molar-refractivity contribution in [3.8, 4) is 6.07 Å². The molecule has 0 bridgehead atoms. The second kappa shape index (κ2) is 10.9. The number of rotatable bonds is 8. The summed E-state index contributed by atoms with van der Waals surface area (Å²) in [7, 11) is 0. The van der Waals surface area contributed by atoms with Crippen LogP contribution >= 0.6 is 23.2 Å². The van der Waals surface area contributed by atoms with Gasteiger partial charge in [-0.15, -0.1) is 0 Å². The molecule has 2 saturated carbocycles. The van der Waals surface area contributed by atoms with Crippen LogP contribution in [0.15, 0.2) is 48.7 Å². The largest absolute Gasteiger partial charge is 0.369 e. The van der Waals surface area contributed by atoms with Crippen LogP contribution in [0.5, 0.6) is 0 Å². The zero-order chi connectivity index (χ0) is 31.4. The van der Waals surface area contributed by atoms with Crippen molar-refractivity contribution in [3.05, 3.63) is 75.5 Å². The number of anilines is 2. The van der Waals surface area contributed by atoms with Crippen LogP contribution in [0, 0.1) is 17.2 Å². The molecule has 0 radical (unpaired) electrons. The number of nitrogens with zero attached hydrogens (tertiary/aromatic N) is 4. The first-order valence-corrected chi connectivity index (χ1v) is 15.0. The zero-order valence-electron chi connectivity index (χ0n) is 23.8. The first-order valence-electron chi connectivity index (χ1n) is 14.2. The van der Waals surface area contributed by atoms with Crippen molar-refractivity contribution in [2.24, 2.45) is 11.7 Å². The fourth-order valence-corrected chi connectivity index (χ4v) is 6.75. The molecule has 11 nitrogen and oxygen atoms in total. The number of aromatic nitrogens is 2. The molecule has 1 aliphatic heterocycles. The number of halogens is 2. The topological polar surface area (TPSA) is 163 Å². The summed E-state index contributed by atoms with van der Waals surface area (Å²) in [5, 5.41) is 15.7. The van der Waals surface area contributed by atoms with E-state index in [9.17, 15) is 24.4 Å². The van der Waals surface area contributed by atoms with Gasteiger partial charge in [0.1, 0.15) is 16.8 Å². The molecule has 13 heteroatoms. The number of amides is 4. The van der Waals surface area contributed by atoms with Crippen LogP contribution in [0.1, 0.15) is 60.6 Å². The summed E-state index contributed by atoms with van der Waals surface area (Å²) in [4.78, 5) is 58.8. The fraction of sp³-hybridized carbons (Fsp3) is 0.355. The lowest BCUT2D eigenvalue weighted by Gasteiger charge is -2.27. The normalized spacial score (nSPS) is 23.1. The van der Waals surface area contributed by atoms with Crippen LogP contribution in [0.2, 0.25) is 10.0 Å². The Hall–Kier alpha value is -4.40. The number of hydrogen-bond donors (Lipinski definition) is 3. The molecule has 0 saturated heterocycles. The third kappa shape index (κ3) is 5.18. The van der Waals surface area contributed by atoms with E-state index in [0.29, 0.717) is 53.4 Å². The van der Waals surface area contributed by atoms with Crippen LogP contribution < -0.4 is 21.3 Å². The molecule has 1 unspecified atom stereocenters. The van der Waals surface area contributed by atoms with E-state index >= 15 is 0 Å². The lowest BCUT2D eigenvalue weighted by molar-refractivity contribution is -0.125. The van der Waals surface area contributed by atoms with Gasteiger partial charge in [-0.3, -0.25) is 23.7 Å². The molecule has 3 atom stereocenters. The minimum Gasteiger partial charge on any atom is -0.369 e. The summed E-state index contributed by atoms with van der Waals surface area (Å²) >= 11 is 12.6. The smallest absolute Gasteiger partial charge is 0.270 e. The van der Waals surface area contributed by atoms with Crippen molar-refractivity contribution in [3.63, 3.8) is 0 Å². The van der Waals surface area contributed by atoms with E-state index in [1.807, 2.05) is 0 Å². The lowest BCUT2D eigenvalue weighted by atomic mass is 9.91. The molecule has 44 heavy (non-hydrogen) atoms. The van der Waals surface area contributed by atoms with Crippen LogP contribution in [-0.4, -0.2) is 44.8 Å². The van der Waals surface area contributed by atoms with Crippen molar-refractivity contribution in [1.82, 2.24) is 20.2 Å². The molecule has 2 aromatic carbocycles. The van der Waals surface area contributed by atoms with Crippen molar-refractivity contribution in [2.45, 2.75) is 62.6 Å². The minimum atomic E-state index is -1.31. The van der Waals surface area contributed by atoms with Gasteiger partial charge in [0.25, 0.3) is 11.8 Å². The average Bonchev–Trinajstić information content (AvgIpc) is 3.30. The maximum atomic E-state index is 14.2. The molecule has 4 amide bonds. The maximum absolute atomic E-state index is 14.2. The molecule has 6 rings (SSSR count). The molecule has 2 fully saturated rings. The molecule has 226 valence electrons. The van der Waals surface area contributed by atoms with Crippen LogP contribution in [0.3, 0.4) is 0 Å². The number of nitriles is 1. The zero-order valence-corrected chi connectivity index (χ0v) is 25.3. The highest BCUT2D eigenvalue weighted by molar-refractivity contribution is 6.35. The second-order valence-corrected chi connectivity index (χ2v) is 12.8. The summed E-state index contributed by atoms with van der Waals surface area (Å²) in [6, 6.07) is 13.5. The third-order valence-electron chi connectivity index (χ3n) is 8.78. The van der Waals surface area contributed by atoms with Gasteiger partial charge in [0.2, 0.25) is 17.8 Å². The molecule has 1 aromatic heterocycles. The molecule has 3 aromatic rings. The Morgan fingerprint density at radius 3 is 2.39 bits per heavy atom. The lowest BCUT2D eigenvalue weighted by Crippen LogP contribution is -2.52. The van der Waals surface area contributed by atoms with E-state index in [-0.39, 0.29) is 47.7 Å².